The van der Waals surface area contributed by atoms with Gasteiger partial charge in [-0.15, -0.1) is 0 Å². The maximum Gasteiger partial charge on any atom is 0.116 e. The van der Waals surface area contributed by atoms with Crippen molar-refractivity contribution in [2.24, 2.45) is 0 Å². The van der Waals surface area contributed by atoms with Crippen molar-refractivity contribution in [2.75, 3.05) is 0 Å². The van der Waals surface area contributed by atoms with E-state index >= 15 is 0 Å². The maximum atomic E-state index is 5.36. The number of pyridine rings is 4. The van der Waals surface area contributed by atoms with Gasteiger partial charge in [0.2, 0.25) is 0 Å². The third-order valence-corrected chi connectivity index (χ3v) is 8.23. The molecule has 9 aromatic rings. The van der Waals surface area contributed by atoms with Crippen LogP contribution >= 0.6 is 0 Å². The number of benzene rings is 3. The Morgan fingerprint density at radius 3 is 1.73 bits per heavy atom. The summed E-state index contributed by atoms with van der Waals surface area (Å²) >= 11 is 0. The van der Waals surface area contributed by atoms with Crippen molar-refractivity contribution in [3.05, 3.63) is 146 Å². The molecule has 0 bridgehead atoms. The quantitative estimate of drug-likeness (QED) is 0.214. The Morgan fingerprint density at radius 1 is 0.386 bits per heavy atom. The third kappa shape index (κ3) is 3.75. The molecule has 6 heterocycles. The van der Waals surface area contributed by atoms with Crippen LogP contribution in [0.3, 0.4) is 0 Å². The number of aromatic nitrogens is 6. The largest absolute Gasteiger partial charge is 0.307 e. The van der Waals surface area contributed by atoms with Crippen LogP contribution in [0.4, 0.5) is 0 Å². The van der Waals surface area contributed by atoms with Crippen LogP contribution in [0.15, 0.2) is 146 Å². The van der Waals surface area contributed by atoms with Crippen molar-refractivity contribution in [1.82, 2.24) is 29.1 Å². The summed E-state index contributed by atoms with van der Waals surface area (Å²) in [6.45, 7) is 0. The Bertz CT molecular complexity index is 2420. The second-order valence-electron chi connectivity index (χ2n) is 10.8. The number of rotatable bonds is 4. The van der Waals surface area contributed by atoms with Crippen molar-refractivity contribution < 1.29 is 0 Å². The zero-order valence-electron chi connectivity index (χ0n) is 23.5. The molecule has 0 spiro atoms. The standard InChI is InChI=1S/C38H24N6/c1-2-11-27(12-3-1)43-33-17-10-20-41-37(33)38-35(43)24-34-36(42-38)29-13-4-5-16-32(29)44(34)28-22-25(30-14-6-8-18-39-30)21-26(23-28)31-15-7-9-19-40-31/h1-24H. The summed E-state index contributed by atoms with van der Waals surface area (Å²) in [7, 11) is 0. The lowest BCUT2D eigenvalue weighted by Crippen LogP contribution is -1.98. The van der Waals surface area contributed by atoms with Gasteiger partial charge < -0.3 is 9.13 Å². The first kappa shape index (κ1) is 24.5. The Balaban J connectivity index is 1.41. The molecule has 206 valence electrons. The normalized spacial score (nSPS) is 11.6. The molecule has 44 heavy (non-hydrogen) atoms. The second kappa shape index (κ2) is 9.71. The lowest BCUT2D eigenvalue weighted by atomic mass is 10.0. The number of fused-ring (bicyclic) bond motifs is 6. The van der Waals surface area contributed by atoms with Crippen LogP contribution in [0.1, 0.15) is 0 Å². The smallest absolute Gasteiger partial charge is 0.116 e. The van der Waals surface area contributed by atoms with Gasteiger partial charge in [-0.05, 0) is 78.9 Å². The summed E-state index contributed by atoms with van der Waals surface area (Å²) in [4.78, 5) is 19.5. The Labute approximate surface area is 252 Å². The van der Waals surface area contributed by atoms with Gasteiger partial charge in [0, 0.05) is 46.5 Å². The van der Waals surface area contributed by atoms with E-state index in [0.29, 0.717) is 0 Å². The SMILES string of the molecule is c1ccc(-n2c3cccnc3c3nc4c5ccccc5n(-c5cc(-c6ccccn6)cc(-c6ccccn6)c5)c4cc32)cc1. The number of hydrogen-bond donors (Lipinski definition) is 0. The molecule has 9 rings (SSSR count). The van der Waals surface area contributed by atoms with Crippen LogP contribution in [0.5, 0.6) is 0 Å². The highest BCUT2D eigenvalue weighted by atomic mass is 15.0. The predicted octanol–water partition coefficient (Wildman–Crippen LogP) is 8.79. The molecule has 0 fully saturated rings. The molecular formula is C38H24N6. The van der Waals surface area contributed by atoms with Crippen LogP contribution < -0.4 is 0 Å². The van der Waals surface area contributed by atoms with Gasteiger partial charge >= 0.3 is 0 Å². The van der Waals surface area contributed by atoms with Crippen LogP contribution in [0.25, 0.3) is 77.9 Å². The van der Waals surface area contributed by atoms with Crippen LogP contribution in [0, 0.1) is 0 Å². The van der Waals surface area contributed by atoms with Crippen molar-refractivity contribution in [3.8, 4) is 33.9 Å². The average Bonchev–Trinajstić information content (AvgIpc) is 3.60. The van der Waals surface area contributed by atoms with Crippen LogP contribution in [0.2, 0.25) is 0 Å². The van der Waals surface area contributed by atoms with E-state index in [9.17, 15) is 0 Å². The molecular weight excluding hydrogens is 540 g/mol. The van der Waals surface area contributed by atoms with Gasteiger partial charge in [-0.25, -0.2) is 4.98 Å². The lowest BCUT2D eigenvalue weighted by Gasteiger charge is -2.13. The monoisotopic (exact) mass is 564 g/mol. The molecule has 0 atom stereocenters. The molecule has 0 radical (unpaired) electrons. The minimum Gasteiger partial charge on any atom is -0.307 e. The van der Waals surface area contributed by atoms with E-state index in [2.05, 4.69) is 98.0 Å². The molecule has 0 aliphatic rings. The molecule has 6 nitrogen and oxygen atoms in total. The fraction of sp³-hybridized carbons (Fsp3) is 0. The van der Waals surface area contributed by atoms with Crippen LogP contribution in [-0.2, 0) is 0 Å². The fourth-order valence-electron chi connectivity index (χ4n) is 6.33. The highest BCUT2D eigenvalue weighted by molar-refractivity contribution is 6.14. The summed E-state index contributed by atoms with van der Waals surface area (Å²) in [5.41, 5.74) is 12.8. The summed E-state index contributed by atoms with van der Waals surface area (Å²) in [6.07, 6.45) is 5.51. The fourth-order valence-corrected chi connectivity index (χ4v) is 6.33. The van der Waals surface area contributed by atoms with Gasteiger partial charge in [-0.3, -0.25) is 15.0 Å². The van der Waals surface area contributed by atoms with E-state index in [4.69, 9.17) is 9.97 Å². The van der Waals surface area contributed by atoms with Gasteiger partial charge in [-0.1, -0.05) is 48.5 Å². The van der Waals surface area contributed by atoms with E-state index in [1.165, 1.54) is 0 Å². The van der Waals surface area contributed by atoms with E-state index in [1.54, 1.807) is 0 Å². The zero-order chi connectivity index (χ0) is 29.0. The Morgan fingerprint density at radius 2 is 1.00 bits per heavy atom. The van der Waals surface area contributed by atoms with Gasteiger partial charge in [0.1, 0.15) is 11.0 Å². The topological polar surface area (TPSA) is 61.4 Å². The third-order valence-electron chi connectivity index (χ3n) is 8.23. The Kier molecular flexibility index (Phi) is 5.40. The van der Waals surface area contributed by atoms with Gasteiger partial charge in [0.25, 0.3) is 0 Å². The first-order valence-electron chi connectivity index (χ1n) is 14.6. The first-order chi connectivity index (χ1) is 21.8. The average molecular weight is 565 g/mol. The summed E-state index contributed by atoms with van der Waals surface area (Å²) in [6, 6.07) is 43.9. The Hall–Kier alpha value is -6.14. The number of hydrogen-bond acceptors (Lipinski definition) is 4. The molecule has 0 unspecified atom stereocenters. The highest BCUT2D eigenvalue weighted by Crippen LogP contribution is 2.38. The zero-order valence-corrected chi connectivity index (χ0v) is 23.5. The molecule has 0 saturated carbocycles. The van der Waals surface area contributed by atoms with Gasteiger partial charge in [-0.2, -0.15) is 0 Å². The second-order valence-corrected chi connectivity index (χ2v) is 10.8. The maximum absolute atomic E-state index is 5.36. The molecule has 0 N–H and O–H groups in total. The van der Waals surface area contributed by atoms with Crippen molar-refractivity contribution >= 4 is 44.0 Å². The summed E-state index contributed by atoms with van der Waals surface area (Å²) in [5.74, 6) is 0. The first-order valence-corrected chi connectivity index (χ1v) is 14.6. The van der Waals surface area contributed by atoms with E-state index in [-0.39, 0.29) is 0 Å². The minimum atomic E-state index is 0.885. The molecule has 6 aromatic heterocycles. The predicted molar refractivity (Wildman–Crippen MR) is 177 cm³/mol. The minimum absolute atomic E-state index is 0.885. The summed E-state index contributed by atoms with van der Waals surface area (Å²) < 4.78 is 4.58. The molecule has 0 amide bonds. The van der Waals surface area contributed by atoms with E-state index in [0.717, 1.165) is 77.9 Å². The molecule has 3 aromatic carbocycles. The number of nitrogens with zero attached hydrogens (tertiary/aromatic N) is 6. The molecule has 0 aliphatic carbocycles. The number of para-hydroxylation sites is 2. The molecule has 0 saturated heterocycles. The van der Waals surface area contributed by atoms with Crippen molar-refractivity contribution in [1.29, 1.82) is 0 Å². The van der Waals surface area contributed by atoms with Gasteiger partial charge in [0.15, 0.2) is 0 Å². The molecule has 0 aliphatic heterocycles. The molecule has 6 heteroatoms. The highest BCUT2D eigenvalue weighted by Gasteiger charge is 2.21. The van der Waals surface area contributed by atoms with E-state index < -0.39 is 0 Å². The van der Waals surface area contributed by atoms with E-state index in [1.807, 2.05) is 67.1 Å². The lowest BCUT2D eigenvalue weighted by molar-refractivity contribution is 1.16. The van der Waals surface area contributed by atoms with Crippen LogP contribution in [-0.4, -0.2) is 29.1 Å². The summed E-state index contributed by atoms with van der Waals surface area (Å²) in [5, 5.41) is 1.09. The van der Waals surface area contributed by atoms with Crippen molar-refractivity contribution in [2.45, 2.75) is 0 Å². The van der Waals surface area contributed by atoms with Crippen molar-refractivity contribution in [3.63, 3.8) is 0 Å². The van der Waals surface area contributed by atoms with Gasteiger partial charge in [0.05, 0.1) is 39.0 Å².